The molecule has 0 spiro atoms. The SMILES string of the molecule is CCCNc1nc(N)c(C(=O)N2CCC(C)C2)s1. The van der Waals surface area contributed by atoms with Gasteiger partial charge in [0.05, 0.1) is 0 Å². The number of rotatable bonds is 4. The Bertz CT molecular complexity index is 432. The van der Waals surface area contributed by atoms with Crippen molar-refractivity contribution in [1.82, 2.24) is 9.88 Å². The van der Waals surface area contributed by atoms with Crippen molar-refractivity contribution < 1.29 is 4.79 Å². The zero-order chi connectivity index (χ0) is 13.1. The van der Waals surface area contributed by atoms with Crippen LogP contribution in [-0.2, 0) is 0 Å². The Balaban J connectivity index is 2.07. The molecule has 100 valence electrons. The Kier molecular flexibility index (Phi) is 4.06. The molecule has 1 amide bonds. The zero-order valence-electron chi connectivity index (χ0n) is 10.9. The maximum absolute atomic E-state index is 12.3. The van der Waals surface area contributed by atoms with Crippen LogP contribution in [-0.4, -0.2) is 35.4 Å². The molecule has 5 nitrogen and oxygen atoms in total. The minimum Gasteiger partial charge on any atom is -0.382 e. The van der Waals surface area contributed by atoms with Gasteiger partial charge < -0.3 is 16.0 Å². The van der Waals surface area contributed by atoms with E-state index in [1.165, 1.54) is 11.3 Å². The average molecular weight is 268 g/mol. The number of nitrogens with one attached hydrogen (secondary N) is 1. The molecule has 0 aliphatic carbocycles. The highest BCUT2D eigenvalue weighted by atomic mass is 32.1. The largest absolute Gasteiger partial charge is 0.382 e. The summed E-state index contributed by atoms with van der Waals surface area (Å²) >= 11 is 1.36. The molecular weight excluding hydrogens is 248 g/mol. The number of carbonyl (C=O) groups is 1. The predicted octanol–water partition coefficient (Wildman–Crippen LogP) is 2.03. The summed E-state index contributed by atoms with van der Waals surface area (Å²) in [5, 5.41) is 3.91. The summed E-state index contributed by atoms with van der Waals surface area (Å²) in [7, 11) is 0. The molecule has 0 saturated carbocycles. The van der Waals surface area contributed by atoms with Crippen molar-refractivity contribution >= 4 is 28.2 Å². The Morgan fingerprint density at radius 1 is 1.67 bits per heavy atom. The zero-order valence-corrected chi connectivity index (χ0v) is 11.7. The third-order valence-corrected chi connectivity index (χ3v) is 4.10. The number of likely N-dealkylation sites (tertiary alicyclic amines) is 1. The number of nitrogens with two attached hydrogens (primary N) is 1. The Hall–Kier alpha value is -1.30. The summed E-state index contributed by atoms with van der Waals surface area (Å²) in [5.41, 5.74) is 5.83. The molecule has 0 aromatic carbocycles. The second kappa shape index (κ2) is 5.56. The van der Waals surface area contributed by atoms with Crippen LogP contribution in [0, 0.1) is 5.92 Å². The van der Waals surface area contributed by atoms with Gasteiger partial charge in [-0.1, -0.05) is 25.2 Å². The monoisotopic (exact) mass is 268 g/mol. The highest BCUT2D eigenvalue weighted by Crippen LogP contribution is 2.28. The van der Waals surface area contributed by atoms with E-state index in [9.17, 15) is 4.79 Å². The highest BCUT2D eigenvalue weighted by Gasteiger charge is 2.27. The van der Waals surface area contributed by atoms with Gasteiger partial charge in [0, 0.05) is 19.6 Å². The predicted molar refractivity (Wildman–Crippen MR) is 75.0 cm³/mol. The van der Waals surface area contributed by atoms with Gasteiger partial charge >= 0.3 is 0 Å². The summed E-state index contributed by atoms with van der Waals surface area (Å²) in [4.78, 5) is 18.9. The van der Waals surface area contributed by atoms with E-state index in [0.717, 1.165) is 37.6 Å². The van der Waals surface area contributed by atoms with Crippen molar-refractivity contribution in [3.05, 3.63) is 4.88 Å². The van der Waals surface area contributed by atoms with E-state index in [0.29, 0.717) is 16.6 Å². The minimum atomic E-state index is 0.0268. The molecule has 1 fully saturated rings. The van der Waals surface area contributed by atoms with Gasteiger partial charge in [0.1, 0.15) is 10.7 Å². The van der Waals surface area contributed by atoms with Crippen LogP contribution in [0.25, 0.3) is 0 Å². The van der Waals surface area contributed by atoms with Crippen molar-refractivity contribution in [1.29, 1.82) is 0 Å². The second-order valence-corrected chi connectivity index (χ2v) is 5.80. The Morgan fingerprint density at radius 3 is 3.06 bits per heavy atom. The third kappa shape index (κ3) is 2.75. The molecule has 1 aromatic rings. The molecule has 1 saturated heterocycles. The molecule has 2 rings (SSSR count). The van der Waals surface area contributed by atoms with Crippen molar-refractivity contribution in [2.75, 3.05) is 30.7 Å². The molecule has 1 aliphatic heterocycles. The molecule has 0 bridgehead atoms. The molecule has 1 aliphatic rings. The fourth-order valence-electron chi connectivity index (χ4n) is 2.06. The normalized spacial score (nSPS) is 19.2. The lowest BCUT2D eigenvalue weighted by Crippen LogP contribution is -2.28. The smallest absolute Gasteiger partial charge is 0.267 e. The van der Waals surface area contributed by atoms with Gasteiger partial charge in [-0.2, -0.15) is 0 Å². The maximum atomic E-state index is 12.3. The lowest BCUT2D eigenvalue weighted by Gasteiger charge is -2.14. The molecule has 1 unspecified atom stereocenters. The van der Waals surface area contributed by atoms with Crippen LogP contribution >= 0.6 is 11.3 Å². The number of hydrogen-bond acceptors (Lipinski definition) is 5. The van der Waals surface area contributed by atoms with Crippen LogP contribution in [0.4, 0.5) is 10.9 Å². The summed E-state index contributed by atoms with van der Waals surface area (Å²) in [6.07, 6.45) is 2.10. The lowest BCUT2D eigenvalue weighted by molar-refractivity contribution is 0.0793. The van der Waals surface area contributed by atoms with Crippen molar-refractivity contribution in [3.8, 4) is 0 Å². The second-order valence-electron chi connectivity index (χ2n) is 4.81. The summed E-state index contributed by atoms with van der Waals surface area (Å²) in [5.74, 6) is 0.961. The van der Waals surface area contributed by atoms with E-state index in [-0.39, 0.29) is 5.91 Å². The maximum Gasteiger partial charge on any atom is 0.267 e. The van der Waals surface area contributed by atoms with E-state index in [4.69, 9.17) is 5.73 Å². The average Bonchev–Trinajstić information content (AvgIpc) is 2.92. The quantitative estimate of drug-likeness (QED) is 0.876. The first-order valence-corrected chi connectivity index (χ1v) is 7.23. The van der Waals surface area contributed by atoms with Crippen molar-refractivity contribution in [2.45, 2.75) is 26.7 Å². The molecule has 18 heavy (non-hydrogen) atoms. The molecular formula is C12H20N4OS. The number of hydrogen-bond donors (Lipinski definition) is 2. The van der Waals surface area contributed by atoms with Crippen LogP contribution in [0.5, 0.6) is 0 Å². The van der Waals surface area contributed by atoms with E-state index in [2.05, 4.69) is 24.1 Å². The fraction of sp³-hybridized carbons (Fsp3) is 0.667. The summed E-state index contributed by atoms with van der Waals surface area (Å²) < 4.78 is 0. The number of anilines is 2. The standard InChI is InChI=1S/C12H20N4OS/c1-3-5-14-12-15-10(13)9(18-12)11(17)16-6-4-8(2)7-16/h8H,3-7,13H2,1-2H3,(H,14,15). The van der Waals surface area contributed by atoms with Gasteiger partial charge in [0.15, 0.2) is 5.13 Å². The van der Waals surface area contributed by atoms with Gasteiger partial charge in [0.25, 0.3) is 5.91 Å². The van der Waals surface area contributed by atoms with Crippen LogP contribution in [0.15, 0.2) is 0 Å². The number of carbonyl (C=O) groups excluding carboxylic acids is 1. The first-order valence-electron chi connectivity index (χ1n) is 6.41. The molecule has 2 heterocycles. The number of amides is 1. The Labute approximate surface area is 111 Å². The van der Waals surface area contributed by atoms with Crippen LogP contribution < -0.4 is 11.1 Å². The van der Waals surface area contributed by atoms with E-state index in [1.54, 1.807) is 0 Å². The molecule has 3 N–H and O–H groups in total. The van der Waals surface area contributed by atoms with E-state index in [1.807, 2.05) is 4.90 Å². The number of thiazole rings is 1. The first-order chi connectivity index (χ1) is 8.61. The number of nitrogens with zero attached hydrogens (tertiary/aromatic N) is 2. The van der Waals surface area contributed by atoms with E-state index < -0.39 is 0 Å². The third-order valence-electron chi connectivity index (χ3n) is 3.08. The van der Waals surface area contributed by atoms with Crippen molar-refractivity contribution in [3.63, 3.8) is 0 Å². The van der Waals surface area contributed by atoms with Gasteiger partial charge in [-0.25, -0.2) is 4.98 Å². The summed E-state index contributed by atoms with van der Waals surface area (Å²) in [6.45, 7) is 6.75. The minimum absolute atomic E-state index is 0.0268. The van der Waals surface area contributed by atoms with Gasteiger partial charge in [-0.15, -0.1) is 0 Å². The van der Waals surface area contributed by atoms with Crippen LogP contribution in [0.3, 0.4) is 0 Å². The van der Waals surface area contributed by atoms with Gasteiger partial charge in [-0.05, 0) is 18.8 Å². The molecule has 1 aromatic heterocycles. The van der Waals surface area contributed by atoms with E-state index >= 15 is 0 Å². The molecule has 1 atom stereocenters. The van der Waals surface area contributed by atoms with Gasteiger partial charge in [0.2, 0.25) is 0 Å². The molecule has 6 heteroatoms. The highest BCUT2D eigenvalue weighted by molar-refractivity contribution is 7.18. The van der Waals surface area contributed by atoms with Gasteiger partial charge in [-0.3, -0.25) is 4.79 Å². The lowest BCUT2D eigenvalue weighted by atomic mass is 10.2. The summed E-state index contributed by atoms with van der Waals surface area (Å²) in [6, 6.07) is 0. The fourth-order valence-corrected chi connectivity index (χ4v) is 2.93. The number of nitrogen functional groups attached to an aromatic ring is 1. The molecule has 0 radical (unpaired) electrons. The van der Waals surface area contributed by atoms with Crippen LogP contribution in [0.1, 0.15) is 36.4 Å². The van der Waals surface area contributed by atoms with Crippen molar-refractivity contribution in [2.24, 2.45) is 5.92 Å². The van der Waals surface area contributed by atoms with Crippen LogP contribution in [0.2, 0.25) is 0 Å². The first kappa shape index (κ1) is 13.1. The topological polar surface area (TPSA) is 71.2 Å². The number of aromatic nitrogens is 1. The Morgan fingerprint density at radius 2 is 2.44 bits per heavy atom.